The molecule has 0 bridgehead atoms. The van der Waals surface area contributed by atoms with E-state index in [1.54, 1.807) is 18.5 Å². The van der Waals surface area contributed by atoms with Crippen LogP contribution in [-0.2, 0) is 0 Å². The number of fused-ring (bicyclic) bond motifs is 1. The third-order valence-corrected chi connectivity index (χ3v) is 5.23. The molecule has 1 atom stereocenters. The Balaban J connectivity index is 1.41. The van der Waals surface area contributed by atoms with Crippen LogP contribution in [0.3, 0.4) is 0 Å². The molecule has 0 saturated carbocycles. The van der Waals surface area contributed by atoms with Crippen molar-refractivity contribution in [2.75, 3.05) is 0 Å². The molecule has 0 radical (unpaired) electrons. The van der Waals surface area contributed by atoms with Crippen LogP contribution < -0.4 is 0 Å². The number of hydrogen-bond acceptors (Lipinski definition) is 4. The number of oxazole rings is 1. The molecule has 0 amide bonds. The van der Waals surface area contributed by atoms with Crippen LogP contribution in [0.2, 0.25) is 0 Å². The summed E-state index contributed by atoms with van der Waals surface area (Å²) in [6, 6.07) is 1.80. The molecule has 1 N–H and O–H groups in total. The van der Waals surface area contributed by atoms with Gasteiger partial charge in [0.1, 0.15) is 11.6 Å². The SMILES string of the molecule is CCCCCCCC/C=C\CCCCCCCC(O)c1nc2ccncc2o1. The minimum absolute atomic E-state index is 0.415. The molecule has 0 aliphatic heterocycles. The van der Waals surface area contributed by atoms with Gasteiger partial charge in [-0.2, -0.15) is 0 Å². The van der Waals surface area contributed by atoms with Crippen molar-refractivity contribution >= 4 is 11.1 Å². The lowest BCUT2D eigenvalue weighted by atomic mass is 10.1. The Morgan fingerprint density at radius 1 is 0.929 bits per heavy atom. The maximum atomic E-state index is 10.2. The lowest BCUT2D eigenvalue weighted by Crippen LogP contribution is -1.97. The van der Waals surface area contributed by atoms with Gasteiger partial charge in [0.05, 0.1) is 6.20 Å². The number of aliphatic hydroxyl groups is 1. The van der Waals surface area contributed by atoms with Gasteiger partial charge in [-0.15, -0.1) is 0 Å². The van der Waals surface area contributed by atoms with Gasteiger partial charge < -0.3 is 9.52 Å². The van der Waals surface area contributed by atoms with Crippen molar-refractivity contribution in [3.8, 4) is 0 Å². The van der Waals surface area contributed by atoms with Gasteiger partial charge >= 0.3 is 0 Å². The Labute approximate surface area is 170 Å². The third-order valence-electron chi connectivity index (χ3n) is 5.23. The summed E-state index contributed by atoms with van der Waals surface area (Å²) in [6.45, 7) is 2.27. The van der Waals surface area contributed by atoms with Gasteiger partial charge in [-0.05, 0) is 38.2 Å². The summed E-state index contributed by atoms with van der Waals surface area (Å²) >= 11 is 0. The summed E-state index contributed by atoms with van der Waals surface area (Å²) in [6.07, 6.45) is 24.8. The maximum absolute atomic E-state index is 10.2. The lowest BCUT2D eigenvalue weighted by Gasteiger charge is -2.06. The molecule has 2 aromatic rings. The van der Waals surface area contributed by atoms with Crippen molar-refractivity contribution in [2.24, 2.45) is 0 Å². The highest BCUT2D eigenvalue weighted by Crippen LogP contribution is 2.23. The Morgan fingerprint density at radius 3 is 2.25 bits per heavy atom. The molecule has 4 nitrogen and oxygen atoms in total. The van der Waals surface area contributed by atoms with Gasteiger partial charge in [-0.25, -0.2) is 4.98 Å². The Morgan fingerprint density at radius 2 is 1.57 bits per heavy atom. The van der Waals surface area contributed by atoms with E-state index >= 15 is 0 Å². The average Bonchev–Trinajstić information content (AvgIpc) is 3.15. The quantitative estimate of drug-likeness (QED) is 0.243. The van der Waals surface area contributed by atoms with Crippen LogP contribution in [0.15, 0.2) is 35.0 Å². The molecular weight excluding hydrogens is 348 g/mol. The number of allylic oxidation sites excluding steroid dienone is 2. The highest BCUT2D eigenvalue weighted by molar-refractivity contribution is 5.70. The minimum Gasteiger partial charge on any atom is -0.436 e. The smallest absolute Gasteiger partial charge is 0.224 e. The number of nitrogens with zero attached hydrogens (tertiary/aromatic N) is 2. The van der Waals surface area contributed by atoms with Gasteiger partial charge in [-0.1, -0.05) is 76.9 Å². The van der Waals surface area contributed by atoms with Gasteiger partial charge in [-0.3, -0.25) is 4.98 Å². The largest absolute Gasteiger partial charge is 0.436 e. The van der Waals surface area contributed by atoms with E-state index in [0.29, 0.717) is 17.9 Å². The number of rotatable bonds is 16. The molecule has 0 aliphatic carbocycles. The van der Waals surface area contributed by atoms with Crippen molar-refractivity contribution in [3.63, 3.8) is 0 Å². The van der Waals surface area contributed by atoms with E-state index in [4.69, 9.17) is 4.42 Å². The zero-order chi connectivity index (χ0) is 19.9. The van der Waals surface area contributed by atoms with E-state index in [0.717, 1.165) is 18.4 Å². The van der Waals surface area contributed by atoms with E-state index in [9.17, 15) is 5.11 Å². The summed E-state index contributed by atoms with van der Waals surface area (Å²) in [5, 5.41) is 10.2. The molecule has 1 unspecified atom stereocenters. The van der Waals surface area contributed by atoms with Crippen LogP contribution in [0.5, 0.6) is 0 Å². The molecule has 0 fully saturated rings. The highest BCUT2D eigenvalue weighted by atomic mass is 16.4. The summed E-state index contributed by atoms with van der Waals surface area (Å²) in [5.41, 5.74) is 1.40. The zero-order valence-electron chi connectivity index (χ0n) is 17.6. The van der Waals surface area contributed by atoms with Crippen molar-refractivity contribution in [1.82, 2.24) is 9.97 Å². The normalized spacial score (nSPS) is 12.9. The highest BCUT2D eigenvalue weighted by Gasteiger charge is 2.14. The Hall–Kier alpha value is -1.68. The van der Waals surface area contributed by atoms with E-state index in [2.05, 4.69) is 29.0 Å². The lowest BCUT2D eigenvalue weighted by molar-refractivity contribution is 0.133. The number of unbranched alkanes of at least 4 members (excludes halogenated alkanes) is 11. The first-order chi connectivity index (χ1) is 13.8. The second-order valence-electron chi connectivity index (χ2n) is 7.78. The molecule has 0 saturated heterocycles. The van der Waals surface area contributed by atoms with Crippen LogP contribution in [0.1, 0.15) is 109 Å². The Bertz CT molecular complexity index is 632. The second-order valence-corrected chi connectivity index (χ2v) is 7.78. The molecule has 0 aliphatic rings. The number of aromatic nitrogens is 2. The van der Waals surface area contributed by atoms with E-state index < -0.39 is 6.10 Å². The molecule has 0 spiro atoms. The molecule has 156 valence electrons. The Kier molecular flexibility index (Phi) is 11.6. The van der Waals surface area contributed by atoms with Crippen LogP contribution in [0.25, 0.3) is 11.1 Å². The summed E-state index contributed by atoms with van der Waals surface area (Å²) in [4.78, 5) is 8.35. The van der Waals surface area contributed by atoms with E-state index in [1.807, 2.05) is 0 Å². The van der Waals surface area contributed by atoms with E-state index in [-0.39, 0.29) is 0 Å². The molecule has 28 heavy (non-hydrogen) atoms. The minimum atomic E-state index is -0.614. The predicted molar refractivity (Wildman–Crippen MR) is 116 cm³/mol. The number of pyridine rings is 1. The van der Waals surface area contributed by atoms with Gasteiger partial charge in [0.2, 0.25) is 5.89 Å². The maximum Gasteiger partial charge on any atom is 0.224 e. The monoisotopic (exact) mass is 386 g/mol. The van der Waals surface area contributed by atoms with Crippen molar-refractivity contribution < 1.29 is 9.52 Å². The summed E-state index contributed by atoms with van der Waals surface area (Å²) < 4.78 is 5.57. The zero-order valence-corrected chi connectivity index (χ0v) is 17.6. The summed E-state index contributed by atoms with van der Waals surface area (Å²) in [7, 11) is 0. The first-order valence-corrected chi connectivity index (χ1v) is 11.3. The molecule has 2 rings (SSSR count). The molecular formula is C24H38N2O2. The van der Waals surface area contributed by atoms with Crippen LogP contribution >= 0.6 is 0 Å². The molecule has 0 aromatic carbocycles. The van der Waals surface area contributed by atoms with Gasteiger partial charge in [0.25, 0.3) is 0 Å². The summed E-state index contributed by atoms with van der Waals surface area (Å²) in [5.74, 6) is 0.415. The fourth-order valence-corrected chi connectivity index (χ4v) is 3.47. The number of hydrogen-bond donors (Lipinski definition) is 1. The first kappa shape index (κ1) is 22.6. The fourth-order valence-electron chi connectivity index (χ4n) is 3.47. The van der Waals surface area contributed by atoms with Crippen molar-refractivity contribution in [1.29, 1.82) is 0 Å². The standard InChI is InChI=1S/C24H38N2O2/c1-2-3-4-5-6-7-8-9-10-11-12-13-14-15-16-17-22(27)24-26-21-18-19-25-20-23(21)28-24/h9-10,18-20,22,27H,2-8,11-17H2,1H3/b10-9-. The van der Waals surface area contributed by atoms with E-state index in [1.165, 1.54) is 70.6 Å². The average molecular weight is 387 g/mol. The molecule has 4 heteroatoms. The third kappa shape index (κ3) is 9.01. The van der Waals surface area contributed by atoms with Gasteiger partial charge in [0.15, 0.2) is 5.58 Å². The first-order valence-electron chi connectivity index (χ1n) is 11.3. The van der Waals surface area contributed by atoms with Crippen LogP contribution in [0.4, 0.5) is 0 Å². The van der Waals surface area contributed by atoms with Gasteiger partial charge in [0, 0.05) is 6.20 Å². The molecule has 2 heterocycles. The second kappa shape index (κ2) is 14.3. The van der Waals surface area contributed by atoms with Crippen LogP contribution in [0, 0.1) is 0 Å². The fraction of sp³-hybridized carbons (Fsp3) is 0.667. The van der Waals surface area contributed by atoms with Crippen LogP contribution in [-0.4, -0.2) is 15.1 Å². The molecule has 2 aromatic heterocycles. The predicted octanol–water partition coefficient (Wildman–Crippen LogP) is 7.29. The topological polar surface area (TPSA) is 59.2 Å². The number of aliphatic hydroxyl groups excluding tert-OH is 1. The van der Waals surface area contributed by atoms with Crippen molar-refractivity contribution in [3.05, 3.63) is 36.5 Å². The van der Waals surface area contributed by atoms with Crippen molar-refractivity contribution in [2.45, 2.75) is 103 Å².